The fourth-order valence-electron chi connectivity index (χ4n) is 1.82. The summed E-state index contributed by atoms with van der Waals surface area (Å²) in [5.41, 5.74) is 1.02. The van der Waals surface area contributed by atoms with E-state index in [1.807, 2.05) is 24.3 Å². The van der Waals surface area contributed by atoms with E-state index in [9.17, 15) is 4.79 Å². The molecule has 2 rings (SSSR count). The highest BCUT2D eigenvalue weighted by Gasteiger charge is 2.05. The lowest BCUT2D eigenvalue weighted by Gasteiger charge is -2.07. The molecule has 2 aromatic rings. The molecule has 1 heterocycles. The minimum atomic E-state index is 0.00675. The molecule has 0 fully saturated rings. The van der Waals surface area contributed by atoms with E-state index in [0.29, 0.717) is 11.8 Å². The summed E-state index contributed by atoms with van der Waals surface area (Å²) in [6, 6.07) is 7.50. The van der Waals surface area contributed by atoms with Crippen LogP contribution in [0.2, 0.25) is 0 Å². The number of aromatic nitrogens is 1. The van der Waals surface area contributed by atoms with E-state index in [4.69, 9.17) is 5.11 Å². The van der Waals surface area contributed by atoms with Crippen LogP contribution >= 0.6 is 0 Å². The molecule has 1 aromatic heterocycles. The van der Waals surface area contributed by atoms with E-state index in [0.717, 1.165) is 10.9 Å². The highest BCUT2D eigenvalue weighted by molar-refractivity contribution is 5.84. The number of nitrogens with zero attached hydrogens (tertiary/aromatic N) is 1. The third-order valence-electron chi connectivity index (χ3n) is 2.55. The summed E-state index contributed by atoms with van der Waals surface area (Å²) in [4.78, 5) is 11.8. The third-order valence-corrected chi connectivity index (χ3v) is 2.55. The Labute approximate surface area is 87.6 Å². The predicted molar refractivity (Wildman–Crippen MR) is 60.0 cm³/mol. The Kier molecular flexibility index (Phi) is 2.56. The van der Waals surface area contributed by atoms with Crippen LogP contribution in [0.5, 0.6) is 0 Å². The van der Waals surface area contributed by atoms with Gasteiger partial charge in [-0.3, -0.25) is 4.79 Å². The molecular weight excluding hydrogens is 190 g/mol. The summed E-state index contributed by atoms with van der Waals surface area (Å²) < 4.78 is 1.56. The quantitative estimate of drug-likeness (QED) is 0.793. The number of rotatable bonds is 2. The van der Waals surface area contributed by atoms with Crippen molar-refractivity contribution in [2.24, 2.45) is 7.05 Å². The van der Waals surface area contributed by atoms with Gasteiger partial charge in [-0.1, -0.05) is 18.2 Å². The molecule has 0 aliphatic heterocycles. The van der Waals surface area contributed by atoms with Gasteiger partial charge in [0.05, 0.1) is 0 Å². The normalized spacial score (nSPS) is 10.8. The third kappa shape index (κ3) is 1.66. The molecule has 1 aromatic carbocycles. The molecule has 0 saturated carbocycles. The fraction of sp³-hybridized carbons (Fsp3) is 0.250. The number of fused-ring (bicyclic) bond motifs is 1. The Balaban J connectivity index is 2.82. The first kappa shape index (κ1) is 9.93. The van der Waals surface area contributed by atoms with Crippen molar-refractivity contribution >= 4 is 10.8 Å². The number of benzene rings is 1. The highest BCUT2D eigenvalue weighted by Crippen LogP contribution is 2.15. The van der Waals surface area contributed by atoms with Crippen molar-refractivity contribution in [3.05, 3.63) is 46.4 Å². The molecule has 0 saturated heterocycles. The first-order valence-electron chi connectivity index (χ1n) is 4.92. The molecule has 0 unspecified atom stereocenters. The second-order valence-electron chi connectivity index (χ2n) is 3.59. The lowest BCUT2D eigenvalue weighted by Crippen LogP contribution is -2.17. The molecular formula is C12H13NO2. The molecule has 0 atom stereocenters. The zero-order valence-electron chi connectivity index (χ0n) is 8.60. The number of hydrogen-bond donors (Lipinski definition) is 1. The average molecular weight is 203 g/mol. The number of aliphatic hydroxyl groups excluding tert-OH is 1. The van der Waals surface area contributed by atoms with Gasteiger partial charge in [0.2, 0.25) is 0 Å². The number of aryl methyl sites for hydroxylation is 1. The van der Waals surface area contributed by atoms with Crippen LogP contribution in [-0.4, -0.2) is 16.3 Å². The van der Waals surface area contributed by atoms with E-state index in [-0.39, 0.29) is 12.2 Å². The number of hydrogen-bond acceptors (Lipinski definition) is 2. The monoisotopic (exact) mass is 203 g/mol. The average Bonchev–Trinajstić information content (AvgIpc) is 2.26. The summed E-state index contributed by atoms with van der Waals surface area (Å²) in [7, 11) is 1.73. The van der Waals surface area contributed by atoms with Crippen molar-refractivity contribution in [2.75, 3.05) is 6.61 Å². The van der Waals surface area contributed by atoms with Crippen LogP contribution in [0, 0.1) is 0 Å². The Morgan fingerprint density at radius 1 is 1.27 bits per heavy atom. The van der Waals surface area contributed by atoms with Crippen LogP contribution in [0.15, 0.2) is 35.3 Å². The van der Waals surface area contributed by atoms with Crippen molar-refractivity contribution in [3.63, 3.8) is 0 Å². The summed E-state index contributed by atoms with van der Waals surface area (Å²) in [5, 5.41) is 10.6. The van der Waals surface area contributed by atoms with Gasteiger partial charge in [-0.2, -0.15) is 0 Å². The van der Waals surface area contributed by atoms with Gasteiger partial charge >= 0.3 is 0 Å². The van der Waals surface area contributed by atoms with Crippen LogP contribution < -0.4 is 5.56 Å². The lowest BCUT2D eigenvalue weighted by molar-refractivity contribution is 0.300. The molecule has 0 amide bonds. The Bertz CT molecular complexity index is 543. The summed E-state index contributed by atoms with van der Waals surface area (Å²) in [6.45, 7) is 0.0994. The van der Waals surface area contributed by atoms with Crippen molar-refractivity contribution in [1.82, 2.24) is 4.57 Å². The zero-order chi connectivity index (χ0) is 10.8. The zero-order valence-corrected chi connectivity index (χ0v) is 8.60. The molecule has 0 aliphatic carbocycles. The standard InChI is InChI=1S/C12H13NO2/c1-13-8-9(6-7-14)10-4-2-3-5-11(10)12(13)15/h2-5,8,14H,6-7H2,1H3. The van der Waals surface area contributed by atoms with Crippen LogP contribution in [0.4, 0.5) is 0 Å². The first-order chi connectivity index (χ1) is 7.24. The molecule has 1 N–H and O–H groups in total. The number of pyridine rings is 1. The smallest absolute Gasteiger partial charge is 0.258 e. The molecule has 15 heavy (non-hydrogen) atoms. The molecule has 0 spiro atoms. The summed E-state index contributed by atoms with van der Waals surface area (Å²) >= 11 is 0. The van der Waals surface area contributed by atoms with Crippen molar-refractivity contribution in [2.45, 2.75) is 6.42 Å². The van der Waals surface area contributed by atoms with E-state index in [2.05, 4.69) is 0 Å². The van der Waals surface area contributed by atoms with Gasteiger partial charge in [0, 0.05) is 25.2 Å². The van der Waals surface area contributed by atoms with Crippen LogP contribution in [0.1, 0.15) is 5.56 Å². The Hall–Kier alpha value is -1.61. The Morgan fingerprint density at radius 3 is 2.60 bits per heavy atom. The van der Waals surface area contributed by atoms with Crippen molar-refractivity contribution in [3.8, 4) is 0 Å². The van der Waals surface area contributed by atoms with Crippen LogP contribution in [-0.2, 0) is 13.5 Å². The second-order valence-corrected chi connectivity index (χ2v) is 3.59. The molecule has 3 heteroatoms. The maximum Gasteiger partial charge on any atom is 0.258 e. The minimum Gasteiger partial charge on any atom is -0.396 e. The maximum absolute atomic E-state index is 11.8. The lowest BCUT2D eigenvalue weighted by atomic mass is 10.1. The topological polar surface area (TPSA) is 42.2 Å². The molecule has 78 valence electrons. The van der Waals surface area contributed by atoms with Crippen LogP contribution in [0.3, 0.4) is 0 Å². The summed E-state index contributed by atoms with van der Waals surface area (Å²) in [6.07, 6.45) is 2.37. The van der Waals surface area contributed by atoms with Gasteiger partial charge in [0.1, 0.15) is 0 Å². The van der Waals surface area contributed by atoms with Crippen molar-refractivity contribution < 1.29 is 5.11 Å². The van der Waals surface area contributed by atoms with E-state index >= 15 is 0 Å². The van der Waals surface area contributed by atoms with E-state index in [1.54, 1.807) is 17.8 Å². The minimum absolute atomic E-state index is 0.00675. The second kappa shape index (κ2) is 3.87. The molecule has 0 bridgehead atoms. The fourth-order valence-corrected chi connectivity index (χ4v) is 1.82. The van der Waals surface area contributed by atoms with Gasteiger partial charge in [-0.25, -0.2) is 0 Å². The SMILES string of the molecule is Cn1cc(CCO)c2ccccc2c1=O. The van der Waals surface area contributed by atoms with Gasteiger partial charge in [-0.15, -0.1) is 0 Å². The predicted octanol–water partition coefficient (Wildman–Crippen LogP) is 1.07. The van der Waals surface area contributed by atoms with Crippen molar-refractivity contribution in [1.29, 1.82) is 0 Å². The van der Waals surface area contributed by atoms with Gasteiger partial charge < -0.3 is 9.67 Å². The largest absolute Gasteiger partial charge is 0.396 e. The first-order valence-corrected chi connectivity index (χ1v) is 4.92. The molecule has 0 aliphatic rings. The van der Waals surface area contributed by atoms with Gasteiger partial charge in [-0.05, 0) is 23.4 Å². The summed E-state index contributed by atoms with van der Waals surface area (Å²) in [5.74, 6) is 0. The van der Waals surface area contributed by atoms with E-state index < -0.39 is 0 Å². The molecule has 0 radical (unpaired) electrons. The van der Waals surface area contributed by atoms with E-state index in [1.165, 1.54) is 0 Å². The van der Waals surface area contributed by atoms with Crippen LogP contribution in [0.25, 0.3) is 10.8 Å². The Morgan fingerprint density at radius 2 is 1.93 bits per heavy atom. The highest BCUT2D eigenvalue weighted by atomic mass is 16.3. The number of aliphatic hydroxyl groups is 1. The van der Waals surface area contributed by atoms with Gasteiger partial charge in [0.25, 0.3) is 5.56 Å². The molecule has 3 nitrogen and oxygen atoms in total. The maximum atomic E-state index is 11.8. The van der Waals surface area contributed by atoms with Gasteiger partial charge in [0.15, 0.2) is 0 Å².